The zero-order valence-electron chi connectivity index (χ0n) is 7.60. The summed E-state index contributed by atoms with van der Waals surface area (Å²) in [5, 5.41) is 26.0. The summed E-state index contributed by atoms with van der Waals surface area (Å²) in [6, 6.07) is 3.26. The third kappa shape index (κ3) is 2.69. The summed E-state index contributed by atoms with van der Waals surface area (Å²) >= 11 is 0. The van der Waals surface area contributed by atoms with Crippen molar-refractivity contribution >= 4 is 17.9 Å². The minimum atomic E-state index is -1.58. The van der Waals surface area contributed by atoms with Gasteiger partial charge in [-0.3, -0.25) is 0 Å². The van der Waals surface area contributed by atoms with Gasteiger partial charge in [-0.2, -0.15) is 0 Å². The first-order valence-electron chi connectivity index (χ1n) is 3.78. The van der Waals surface area contributed by atoms with Crippen LogP contribution in [-0.2, 0) is 22.4 Å². The Morgan fingerprint density at radius 3 is 1.44 bits per heavy atom. The third-order valence-corrected chi connectivity index (χ3v) is 1.74. The average molecular weight is 318 g/mol. The Hall–Kier alpha value is -1.63. The molecule has 3 N–H and O–H groups in total. The molecule has 0 fully saturated rings. The van der Waals surface area contributed by atoms with E-state index in [0.29, 0.717) is 0 Å². The summed E-state index contributed by atoms with van der Waals surface area (Å²) in [4.78, 5) is 32.0. The molecule has 0 amide bonds. The molecule has 0 aliphatic rings. The summed E-state index contributed by atoms with van der Waals surface area (Å²) in [5.74, 6) is -4.53. The van der Waals surface area contributed by atoms with Gasteiger partial charge in [0, 0.05) is 22.4 Å². The molecule has 0 bridgehead atoms. The Labute approximate surface area is 105 Å². The molecule has 16 heavy (non-hydrogen) atoms. The zero-order valence-corrected chi connectivity index (χ0v) is 9.08. The van der Waals surface area contributed by atoms with Crippen LogP contribution in [0.5, 0.6) is 0 Å². The Kier molecular flexibility index (Phi) is 4.90. The van der Waals surface area contributed by atoms with Gasteiger partial charge in [0.05, 0.1) is 16.7 Å². The van der Waals surface area contributed by atoms with E-state index in [1.54, 1.807) is 0 Å². The van der Waals surface area contributed by atoms with Gasteiger partial charge < -0.3 is 15.3 Å². The maximum absolute atomic E-state index is 10.7. The van der Waals surface area contributed by atoms with Crippen LogP contribution in [0.2, 0.25) is 0 Å². The minimum Gasteiger partial charge on any atom is -0.478 e. The van der Waals surface area contributed by atoms with Crippen molar-refractivity contribution in [3.05, 3.63) is 34.9 Å². The van der Waals surface area contributed by atoms with E-state index >= 15 is 0 Å². The smallest absolute Gasteiger partial charge is 0.337 e. The minimum absolute atomic E-state index is 0. The molecule has 0 saturated carbocycles. The second-order valence-electron chi connectivity index (χ2n) is 2.64. The van der Waals surface area contributed by atoms with E-state index in [1.807, 2.05) is 0 Å². The molecule has 1 rings (SSSR count). The number of carboxylic acids is 3. The van der Waals surface area contributed by atoms with Gasteiger partial charge in [0.2, 0.25) is 0 Å². The van der Waals surface area contributed by atoms with Crippen molar-refractivity contribution in [1.82, 2.24) is 0 Å². The fourth-order valence-corrected chi connectivity index (χ4v) is 1.14. The quantitative estimate of drug-likeness (QED) is 0.710. The molecule has 6 nitrogen and oxygen atoms in total. The summed E-state index contributed by atoms with van der Waals surface area (Å²) in [6.45, 7) is 0. The number of benzene rings is 1. The molecule has 89 valence electrons. The zero-order chi connectivity index (χ0) is 11.6. The van der Waals surface area contributed by atoms with Crippen molar-refractivity contribution in [1.29, 1.82) is 0 Å². The van der Waals surface area contributed by atoms with Gasteiger partial charge in [-0.05, 0) is 12.1 Å². The van der Waals surface area contributed by atoms with Crippen molar-refractivity contribution in [2.24, 2.45) is 0 Å². The first-order valence-corrected chi connectivity index (χ1v) is 3.78. The monoisotopic (exact) mass is 317 g/mol. The number of hydrogen-bond acceptors (Lipinski definition) is 3. The van der Waals surface area contributed by atoms with Crippen LogP contribution in [0.1, 0.15) is 31.1 Å². The fraction of sp³-hybridized carbons (Fsp3) is 0. The maximum Gasteiger partial charge on any atom is 0.337 e. The van der Waals surface area contributed by atoms with Gasteiger partial charge in [0.25, 0.3) is 0 Å². The van der Waals surface area contributed by atoms with Crippen LogP contribution in [0.25, 0.3) is 0 Å². The first kappa shape index (κ1) is 14.4. The topological polar surface area (TPSA) is 112 Å². The van der Waals surface area contributed by atoms with E-state index in [0.717, 1.165) is 12.1 Å². The molecule has 0 saturated heterocycles. The molecule has 0 unspecified atom stereocenters. The predicted molar refractivity (Wildman–Crippen MR) is 47.3 cm³/mol. The number of carboxylic acid groups (broad SMARTS) is 3. The summed E-state index contributed by atoms with van der Waals surface area (Å²) in [7, 11) is 0. The molecule has 1 aromatic carbocycles. The molecule has 7 heteroatoms. The largest absolute Gasteiger partial charge is 0.478 e. The molecular weight excluding hydrogens is 312 g/mol. The standard InChI is InChI=1S/C9H6O6.Ag/c10-7(11)4-2-1-3-5(8(12)13)6(4)9(14)15;/h1-3H,(H,10,11)(H,12,13)(H,14,15);. The maximum atomic E-state index is 10.7. The van der Waals surface area contributed by atoms with Gasteiger partial charge in [0.15, 0.2) is 0 Å². The summed E-state index contributed by atoms with van der Waals surface area (Å²) < 4.78 is 0. The first-order chi connectivity index (χ1) is 6.95. The van der Waals surface area contributed by atoms with Crippen LogP contribution < -0.4 is 0 Å². The third-order valence-electron chi connectivity index (χ3n) is 1.74. The number of carbonyl (C=O) groups is 3. The van der Waals surface area contributed by atoms with E-state index < -0.39 is 34.6 Å². The molecule has 0 aliphatic heterocycles. The second-order valence-corrected chi connectivity index (χ2v) is 2.64. The van der Waals surface area contributed by atoms with Crippen molar-refractivity contribution in [2.45, 2.75) is 0 Å². The van der Waals surface area contributed by atoms with E-state index in [-0.39, 0.29) is 22.4 Å². The van der Waals surface area contributed by atoms with Gasteiger partial charge in [-0.25, -0.2) is 14.4 Å². The number of rotatable bonds is 3. The van der Waals surface area contributed by atoms with Crippen LogP contribution in [0.4, 0.5) is 0 Å². The molecule has 0 spiro atoms. The summed E-state index contributed by atoms with van der Waals surface area (Å²) in [6.07, 6.45) is 0. The van der Waals surface area contributed by atoms with Crippen molar-refractivity contribution in [3.8, 4) is 0 Å². The average Bonchev–Trinajstić information content (AvgIpc) is 2.16. The molecule has 1 radical (unpaired) electrons. The predicted octanol–water partition coefficient (Wildman–Crippen LogP) is 0.779. The van der Waals surface area contributed by atoms with E-state index in [1.165, 1.54) is 6.07 Å². The molecule has 0 heterocycles. The Balaban J connectivity index is 0.00000225. The van der Waals surface area contributed by atoms with Crippen molar-refractivity contribution in [3.63, 3.8) is 0 Å². The van der Waals surface area contributed by atoms with Gasteiger partial charge in [-0.15, -0.1) is 0 Å². The van der Waals surface area contributed by atoms with Gasteiger partial charge >= 0.3 is 17.9 Å². The second kappa shape index (κ2) is 5.45. The van der Waals surface area contributed by atoms with E-state index in [9.17, 15) is 14.4 Å². The van der Waals surface area contributed by atoms with Gasteiger partial charge in [0.1, 0.15) is 0 Å². The van der Waals surface area contributed by atoms with Crippen LogP contribution in [0, 0.1) is 0 Å². The Morgan fingerprint density at radius 2 is 1.19 bits per heavy atom. The van der Waals surface area contributed by atoms with E-state index in [4.69, 9.17) is 15.3 Å². The van der Waals surface area contributed by atoms with Gasteiger partial charge in [-0.1, -0.05) is 6.07 Å². The van der Waals surface area contributed by atoms with Crippen molar-refractivity contribution < 1.29 is 52.1 Å². The Morgan fingerprint density at radius 1 is 0.812 bits per heavy atom. The molecule has 0 aromatic heterocycles. The molecular formula is C9H6AgO6. The molecule has 0 aliphatic carbocycles. The summed E-state index contributed by atoms with van der Waals surface area (Å²) in [5.41, 5.74) is -1.79. The number of aromatic carboxylic acids is 3. The van der Waals surface area contributed by atoms with Crippen LogP contribution in [0.15, 0.2) is 18.2 Å². The molecule has 0 atom stereocenters. The van der Waals surface area contributed by atoms with E-state index in [2.05, 4.69) is 0 Å². The fourth-order valence-electron chi connectivity index (χ4n) is 1.14. The normalized spacial score (nSPS) is 9.00. The van der Waals surface area contributed by atoms with Crippen LogP contribution >= 0.6 is 0 Å². The Bertz CT molecular complexity index is 421. The van der Waals surface area contributed by atoms with Crippen LogP contribution in [0.3, 0.4) is 0 Å². The van der Waals surface area contributed by atoms with Crippen molar-refractivity contribution in [2.75, 3.05) is 0 Å². The molecule has 1 aromatic rings. The SMILES string of the molecule is O=C(O)c1cccc(C(=O)O)c1C(=O)O.[Ag]. The van der Waals surface area contributed by atoms with Crippen LogP contribution in [-0.4, -0.2) is 33.2 Å². The number of hydrogen-bond donors (Lipinski definition) is 3.